The van der Waals surface area contributed by atoms with Crippen LogP contribution in [0.5, 0.6) is 0 Å². The van der Waals surface area contributed by atoms with Gasteiger partial charge in [-0.2, -0.15) is 13.5 Å². The average molecular weight is 429 g/mol. The first kappa shape index (κ1) is 20.9. The molecule has 10 nitrogen and oxygen atoms in total. The number of esters is 1. The Morgan fingerprint density at radius 3 is 2.40 bits per heavy atom. The third kappa shape index (κ3) is 5.14. The Balaban J connectivity index is 1.73. The van der Waals surface area contributed by atoms with Crippen LogP contribution in [0.25, 0.3) is 0 Å². The number of nitrogens with zero attached hydrogens (tertiary/aromatic N) is 1. The molecule has 1 aromatic heterocycles. The molecule has 0 spiro atoms. The summed E-state index contributed by atoms with van der Waals surface area (Å²) in [6.45, 7) is 1.70. The summed E-state index contributed by atoms with van der Waals surface area (Å²) in [5, 5.41) is 10.8. The number of carbonyl (C=O) groups is 2. The first-order valence-corrected chi connectivity index (χ1v) is 10.3. The summed E-state index contributed by atoms with van der Waals surface area (Å²) >= 11 is 0. The van der Waals surface area contributed by atoms with Crippen LogP contribution in [0, 0.1) is 0 Å². The summed E-state index contributed by atoms with van der Waals surface area (Å²) in [6, 6.07) is 14.5. The van der Waals surface area contributed by atoms with Crippen molar-refractivity contribution in [3.05, 3.63) is 66.4 Å². The van der Waals surface area contributed by atoms with E-state index in [-0.39, 0.29) is 17.9 Å². The monoisotopic (exact) mass is 429 g/mol. The number of H-pyrrole nitrogens is 1. The van der Waals surface area contributed by atoms with Gasteiger partial charge in [0.15, 0.2) is 5.03 Å². The molecule has 2 aromatic carbocycles. The van der Waals surface area contributed by atoms with Crippen molar-refractivity contribution in [2.24, 2.45) is 0 Å². The van der Waals surface area contributed by atoms with Gasteiger partial charge in [-0.3, -0.25) is 9.82 Å². The van der Waals surface area contributed by atoms with Gasteiger partial charge < -0.3 is 15.4 Å². The number of carbonyl (C=O) groups excluding carboxylic acids is 2. The molecule has 1 heterocycles. The lowest BCUT2D eigenvalue weighted by molar-refractivity contribution is 0.0522. The Bertz CT molecular complexity index is 1140. The number of aromatic amines is 1. The summed E-state index contributed by atoms with van der Waals surface area (Å²) in [7, 11) is -4.15. The topological polar surface area (TPSA) is 142 Å². The lowest BCUT2D eigenvalue weighted by Gasteiger charge is -2.11. The Morgan fingerprint density at radius 2 is 1.67 bits per heavy atom. The van der Waals surface area contributed by atoms with Gasteiger partial charge in [0.25, 0.3) is 10.0 Å². The predicted octanol–water partition coefficient (Wildman–Crippen LogP) is 3.03. The van der Waals surface area contributed by atoms with E-state index < -0.39 is 27.0 Å². The normalized spacial score (nSPS) is 10.8. The van der Waals surface area contributed by atoms with Crippen LogP contribution < -0.4 is 15.4 Å². The zero-order valence-electron chi connectivity index (χ0n) is 15.9. The molecule has 156 valence electrons. The fraction of sp³-hybridized carbons (Fsp3) is 0.105. The van der Waals surface area contributed by atoms with Gasteiger partial charge in [-0.15, -0.1) is 0 Å². The number of hydrogen-bond acceptors (Lipinski definition) is 6. The molecule has 11 heteroatoms. The van der Waals surface area contributed by atoms with Gasteiger partial charge >= 0.3 is 12.0 Å². The molecule has 3 rings (SSSR count). The van der Waals surface area contributed by atoms with Gasteiger partial charge in [0.2, 0.25) is 0 Å². The van der Waals surface area contributed by atoms with Crippen LogP contribution in [-0.4, -0.2) is 37.2 Å². The minimum Gasteiger partial charge on any atom is -0.462 e. The third-order valence-corrected chi connectivity index (χ3v) is 5.13. The van der Waals surface area contributed by atoms with E-state index in [0.717, 1.165) is 6.20 Å². The number of sulfonamides is 1. The predicted molar refractivity (Wildman–Crippen MR) is 111 cm³/mol. The molecule has 0 saturated heterocycles. The zero-order chi connectivity index (χ0) is 21.6. The van der Waals surface area contributed by atoms with Crippen LogP contribution in [0.1, 0.15) is 17.3 Å². The number of rotatable bonds is 7. The molecule has 0 radical (unpaired) electrons. The lowest BCUT2D eigenvalue weighted by Crippen LogP contribution is -2.20. The number of para-hydroxylation sites is 1. The van der Waals surface area contributed by atoms with Gasteiger partial charge in [-0.25, -0.2) is 9.59 Å². The number of urea groups is 1. The van der Waals surface area contributed by atoms with Crippen LogP contribution in [0.2, 0.25) is 0 Å². The molecule has 0 fully saturated rings. The molecule has 0 atom stereocenters. The molecule has 2 amide bonds. The Kier molecular flexibility index (Phi) is 6.32. The molecule has 0 aliphatic rings. The fourth-order valence-electron chi connectivity index (χ4n) is 2.51. The largest absolute Gasteiger partial charge is 0.462 e. The van der Waals surface area contributed by atoms with Gasteiger partial charge in [0.05, 0.1) is 18.5 Å². The lowest BCUT2D eigenvalue weighted by atomic mass is 10.3. The minimum absolute atomic E-state index is 0.0929. The van der Waals surface area contributed by atoms with Crippen molar-refractivity contribution in [1.29, 1.82) is 0 Å². The van der Waals surface area contributed by atoms with Crippen molar-refractivity contribution < 1.29 is 22.7 Å². The first-order valence-electron chi connectivity index (χ1n) is 8.85. The van der Waals surface area contributed by atoms with Crippen LogP contribution in [0.4, 0.5) is 21.9 Å². The molecule has 0 saturated carbocycles. The quantitative estimate of drug-likeness (QED) is 0.425. The van der Waals surface area contributed by atoms with Crippen molar-refractivity contribution in [2.45, 2.75) is 11.9 Å². The van der Waals surface area contributed by atoms with Crippen molar-refractivity contribution >= 4 is 39.1 Å². The van der Waals surface area contributed by atoms with Gasteiger partial charge in [0.1, 0.15) is 5.56 Å². The van der Waals surface area contributed by atoms with Crippen molar-refractivity contribution in [3.63, 3.8) is 0 Å². The zero-order valence-corrected chi connectivity index (χ0v) is 16.7. The summed E-state index contributed by atoms with van der Waals surface area (Å²) in [4.78, 5) is 24.0. The molecule has 0 unspecified atom stereocenters. The van der Waals surface area contributed by atoms with Gasteiger partial charge in [-0.1, -0.05) is 24.3 Å². The van der Waals surface area contributed by atoms with Crippen molar-refractivity contribution in [2.75, 3.05) is 22.0 Å². The third-order valence-electron chi connectivity index (χ3n) is 3.77. The number of benzene rings is 2. The summed E-state index contributed by atoms with van der Waals surface area (Å²) in [6.07, 6.45) is 1.08. The van der Waals surface area contributed by atoms with Crippen molar-refractivity contribution in [3.8, 4) is 0 Å². The first-order chi connectivity index (χ1) is 14.4. The number of nitrogens with one attached hydrogen (secondary N) is 4. The minimum atomic E-state index is -4.15. The van der Waals surface area contributed by atoms with Crippen LogP contribution in [-0.2, 0) is 14.8 Å². The van der Waals surface area contributed by atoms with Gasteiger partial charge in [-0.05, 0) is 37.3 Å². The standard InChI is InChI=1S/C19H19N5O5S/c1-2-29-18(25)16-12-20-23-17(16)30(27,28)24-15-10-6-9-14(11-15)22-19(26)21-13-7-4-3-5-8-13/h3-12,24H,2H2,1H3,(H,20,23)(H2,21,22,26). The van der Waals surface area contributed by atoms with E-state index in [9.17, 15) is 18.0 Å². The van der Waals surface area contributed by atoms with Crippen molar-refractivity contribution in [1.82, 2.24) is 10.2 Å². The van der Waals surface area contributed by atoms with Crippen LogP contribution in [0.15, 0.2) is 65.8 Å². The van der Waals surface area contributed by atoms with E-state index in [4.69, 9.17) is 4.74 Å². The number of amides is 2. The molecule has 30 heavy (non-hydrogen) atoms. The summed E-state index contributed by atoms with van der Waals surface area (Å²) in [5.41, 5.74) is 0.939. The smallest absolute Gasteiger partial charge is 0.342 e. The van der Waals surface area contributed by atoms with E-state index in [2.05, 4.69) is 25.6 Å². The molecule has 0 aliphatic heterocycles. The number of anilines is 3. The highest BCUT2D eigenvalue weighted by atomic mass is 32.2. The van der Waals surface area contributed by atoms with Crippen LogP contribution >= 0.6 is 0 Å². The SMILES string of the molecule is CCOC(=O)c1cn[nH]c1S(=O)(=O)Nc1cccc(NC(=O)Nc2ccccc2)c1. The maximum atomic E-state index is 12.7. The molecule has 3 aromatic rings. The van der Waals surface area contributed by atoms with E-state index in [1.54, 1.807) is 43.3 Å². The molecular formula is C19H19N5O5S. The maximum Gasteiger partial charge on any atom is 0.342 e. The Hall–Kier alpha value is -3.86. The fourth-order valence-corrected chi connectivity index (χ4v) is 3.65. The van der Waals surface area contributed by atoms with E-state index >= 15 is 0 Å². The highest BCUT2D eigenvalue weighted by Gasteiger charge is 2.26. The summed E-state index contributed by atoms with van der Waals surface area (Å²) in [5.74, 6) is -0.806. The molecule has 0 aliphatic carbocycles. The second kappa shape index (κ2) is 9.09. The molecular weight excluding hydrogens is 410 g/mol. The van der Waals surface area contributed by atoms with Crippen LogP contribution in [0.3, 0.4) is 0 Å². The number of aromatic nitrogens is 2. The van der Waals surface area contributed by atoms with Gasteiger partial charge in [0, 0.05) is 11.4 Å². The molecule has 4 N–H and O–H groups in total. The molecule has 0 bridgehead atoms. The Labute approximate surface area is 172 Å². The second-order valence-electron chi connectivity index (χ2n) is 5.96. The highest BCUT2D eigenvalue weighted by Crippen LogP contribution is 2.21. The maximum absolute atomic E-state index is 12.7. The number of hydrogen-bond donors (Lipinski definition) is 4. The Morgan fingerprint density at radius 1 is 1.00 bits per heavy atom. The summed E-state index contributed by atoms with van der Waals surface area (Å²) < 4.78 is 32.5. The van der Waals surface area contributed by atoms with E-state index in [1.165, 1.54) is 12.1 Å². The highest BCUT2D eigenvalue weighted by molar-refractivity contribution is 7.92. The average Bonchev–Trinajstić information content (AvgIpc) is 3.20. The number of ether oxygens (including phenoxy) is 1. The second-order valence-corrected chi connectivity index (χ2v) is 7.58. The van der Waals surface area contributed by atoms with E-state index in [0.29, 0.717) is 11.4 Å². The van der Waals surface area contributed by atoms with E-state index in [1.807, 2.05) is 6.07 Å².